The Kier molecular flexibility index (Phi) is 4.58. The highest BCUT2D eigenvalue weighted by molar-refractivity contribution is 5.28. The number of ether oxygens (including phenoxy) is 2. The number of rotatable bonds is 6. The van der Waals surface area contributed by atoms with Crippen LogP contribution in [-0.2, 0) is 11.3 Å². The molecule has 1 aromatic rings. The maximum absolute atomic E-state index is 10.1. The van der Waals surface area contributed by atoms with Crippen LogP contribution in [-0.4, -0.2) is 37.1 Å². The van der Waals surface area contributed by atoms with Crippen LogP contribution < -0.4 is 10.1 Å². The highest BCUT2D eigenvalue weighted by atomic mass is 16.5. The van der Waals surface area contributed by atoms with Gasteiger partial charge in [0.2, 0.25) is 0 Å². The normalized spacial score (nSPS) is 23.2. The van der Waals surface area contributed by atoms with Crippen molar-refractivity contribution in [2.24, 2.45) is 0 Å². The van der Waals surface area contributed by atoms with Gasteiger partial charge in [-0.15, -0.1) is 0 Å². The molecule has 1 aliphatic heterocycles. The van der Waals surface area contributed by atoms with Gasteiger partial charge < -0.3 is 19.9 Å². The summed E-state index contributed by atoms with van der Waals surface area (Å²) in [5, 5.41) is 13.4. The van der Waals surface area contributed by atoms with Gasteiger partial charge in [0.25, 0.3) is 0 Å². The van der Waals surface area contributed by atoms with E-state index in [1.807, 2.05) is 31.2 Å². The lowest BCUT2D eigenvalue weighted by molar-refractivity contribution is 0.0268. The Morgan fingerprint density at radius 3 is 3.11 bits per heavy atom. The molecule has 1 aliphatic rings. The summed E-state index contributed by atoms with van der Waals surface area (Å²) in [6, 6.07) is 8.00. The van der Waals surface area contributed by atoms with E-state index in [0.717, 1.165) is 17.9 Å². The summed E-state index contributed by atoms with van der Waals surface area (Å²) in [6.07, 6.45) is 0.707. The van der Waals surface area contributed by atoms with Crippen molar-refractivity contribution < 1.29 is 14.6 Å². The van der Waals surface area contributed by atoms with E-state index in [1.165, 1.54) is 0 Å². The van der Waals surface area contributed by atoms with E-state index in [-0.39, 0.29) is 0 Å². The van der Waals surface area contributed by atoms with Gasteiger partial charge in [-0.05, 0) is 24.6 Å². The first kappa shape index (κ1) is 13.3. The Hall–Kier alpha value is -1.10. The van der Waals surface area contributed by atoms with Gasteiger partial charge >= 0.3 is 0 Å². The molecule has 1 atom stereocenters. The molecule has 0 aliphatic carbocycles. The molecular weight excluding hydrogens is 230 g/mol. The maximum Gasteiger partial charge on any atom is 0.119 e. The summed E-state index contributed by atoms with van der Waals surface area (Å²) in [4.78, 5) is 0. The van der Waals surface area contributed by atoms with Crippen LogP contribution in [0.4, 0.5) is 0 Å². The highest BCUT2D eigenvalue weighted by Gasteiger charge is 2.31. The second-order valence-electron chi connectivity index (χ2n) is 4.71. The van der Waals surface area contributed by atoms with Gasteiger partial charge in [-0.1, -0.05) is 12.1 Å². The third-order valence-corrected chi connectivity index (χ3v) is 3.08. The monoisotopic (exact) mass is 251 g/mol. The predicted octanol–water partition coefficient (Wildman–Crippen LogP) is 1.33. The lowest BCUT2D eigenvalue weighted by atomic mass is 10.0. The minimum Gasteiger partial charge on any atom is -0.494 e. The fraction of sp³-hybridized carbons (Fsp3) is 0.571. The summed E-state index contributed by atoms with van der Waals surface area (Å²) in [7, 11) is 0. The molecule has 2 rings (SSSR count). The summed E-state index contributed by atoms with van der Waals surface area (Å²) >= 11 is 0. The van der Waals surface area contributed by atoms with Gasteiger partial charge in [0, 0.05) is 26.1 Å². The molecule has 100 valence electrons. The van der Waals surface area contributed by atoms with Gasteiger partial charge in [-0.3, -0.25) is 0 Å². The molecule has 2 N–H and O–H groups in total. The Labute approximate surface area is 108 Å². The summed E-state index contributed by atoms with van der Waals surface area (Å²) in [5.41, 5.74) is 0.459. The SMILES string of the molecule is CCOc1cccc(CNCC2(O)CCOC2)c1. The van der Waals surface area contributed by atoms with Crippen molar-refractivity contribution >= 4 is 0 Å². The average Bonchev–Trinajstić information content (AvgIpc) is 2.77. The van der Waals surface area contributed by atoms with E-state index in [4.69, 9.17) is 9.47 Å². The van der Waals surface area contributed by atoms with E-state index in [2.05, 4.69) is 5.32 Å². The van der Waals surface area contributed by atoms with Crippen LogP contribution in [0.1, 0.15) is 18.9 Å². The Morgan fingerprint density at radius 1 is 1.50 bits per heavy atom. The average molecular weight is 251 g/mol. The Bertz CT molecular complexity index is 375. The molecule has 4 nitrogen and oxygen atoms in total. The smallest absolute Gasteiger partial charge is 0.119 e. The highest BCUT2D eigenvalue weighted by Crippen LogP contribution is 2.17. The molecule has 1 fully saturated rings. The molecule has 0 amide bonds. The van der Waals surface area contributed by atoms with E-state index in [9.17, 15) is 5.11 Å². The molecule has 0 radical (unpaired) electrons. The van der Waals surface area contributed by atoms with Gasteiger partial charge in [0.15, 0.2) is 0 Å². The third kappa shape index (κ3) is 3.70. The molecule has 1 unspecified atom stereocenters. The standard InChI is InChI=1S/C14H21NO3/c1-2-18-13-5-3-4-12(8-13)9-15-10-14(16)6-7-17-11-14/h3-5,8,15-16H,2,6-7,9-11H2,1H3. The minimum absolute atomic E-state index is 0.430. The van der Waals surface area contributed by atoms with Crippen molar-refractivity contribution in [2.75, 3.05) is 26.4 Å². The van der Waals surface area contributed by atoms with E-state index in [0.29, 0.717) is 32.8 Å². The van der Waals surface area contributed by atoms with Crippen molar-refractivity contribution in [3.05, 3.63) is 29.8 Å². The van der Waals surface area contributed by atoms with E-state index < -0.39 is 5.60 Å². The van der Waals surface area contributed by atoms with E-state index in [1.54, 1.807) is 0 Å². The number of benzene rings is 1. The van der Waals surface area contributed by atoms with Crippen molar-refractivity contribution in [2.45, 2.75) is 25.5 Å². The number of aliphatic hydroxyl groups is 1. The number of hydrogen-bond donors (Lipinski definition) is 2. The van der Waals surface area contributed by atoms with E-state index >= 15 is 0 Å². The minimum atomic E-state index is -0.697. The van der Waals surface area contributed by atoms with Gasteiger partial charge in [-0.2, -0.15) is 0 Å². The molecule has 1 saturated heterocycles. The lowest BCUT2D eigenvalue weighted by Crippen LogP contribution is -2.40. The predicted molar refractivity (Wildman–Crippen MR) is 69.7 cm³/mol. The fourth-order valence-corrected chi connectivity index (χ4v) is 2.09. The summed E-state index contributed by atoms with van der Waals surface area (Å²) in [6.45, 7) is 5.01. The zero-order valence-corrected chi connectivity index (χ0v) is 10.8. The fourth-order valence-electron chi connectivity index (χ4n) is 2.09. The largest absolute Gasteiger partial charge is 0.494 e. The third-order valence-electron chi connectivity index (χ3n) is 3.08. The van der Waals surface area contributed by atoms with Crippen LogP contribution in [0.25, 0.3) is 0 Å². The van der Waals surface area contributed by atoms with Crippen molar-refractivity contribution in [3.63, 3.8) is 0 Å². The molecule has 1 aromatic carbocycles. The van der Waals surface area contributed by atoms with Crippen LogP contribution in [0, 0.1) is 0 Å². The maximum atomic E-state index is 10.1. The Balaban J connectivity index is 1.80. The second-order valence-corrected chi connectivity index (χ2v) is 4.71. The number of hydrogen-bond acceptors (Lipinski definition) is 4. The van der Waals surface area contributed by atoms with Crippen LogP contribution >= 0.6 is 0 Å². The molecule has 0 saturated carbocycles. The van der Waals surface area contributed by atoms with Crippen molar-refractivity contribution in [1.29, 1.82) is 0 Å². The molecule has 1 heterocycles. The molecule has 0 spiro atoms. The molecular formula is C14H21NO3. The van der Waals surface area contributed by atoms with Crippen LogP contribution in [0.3, 0.4) is 0 Å². The van der Waals surface area contributed by atoms with Gasteiger partial charge in [-0.25, -0.2) is 0 Å². The Morgan fingerprint density at radius 2 is 2.39 bits per heavy atom. The van der Waals surface area contributed by atoms with Crippen LogP contribution in [0.5, 0.6) is 5.75 Å². The summed E-state index contributed by atoms with van der Waals surface area (Å²) < 4.78 is 10.7. The van der Waals surface area contributed by atoms with Gasteiger partial charge in [0.05, 0.1) is 13.2 Å². The molecule has 4 heteroatoms. The van der Waals surface area contributed by atoms with Crippen molar-refractivity contribution in [1.82, 2.24) is 5.32 Å². The van der Waals surface area contributed by atoms with Gasteiger partial charge in [0.1, 0.15) is 11.4 Å². The quantitative estimate of drug-likeness (QED) is 0.801. The molecule has 0 bridgehead atoms. The first-order chi connectivity index (χ1) is 8.72. The van der Waals surface area contributed by atoms with Crippen LogP contribution in [0.15, 0.2) is 24.3 Å². The zero-order chi connectivity index (χ0) is 12.8. The summed E-state index contributed by atoms with van der Waals surface area (Å²) in [5.74, 6) is 0.889. The molecule has 0 aromatic heterocycles. The second kappa shape index (κ2) is 6.18. The number of nitrogens with one attached hydrogen (secondary N) is 1. The first-order valence-corrected chi connectivity index (χ1v) is 6.44. The lowest BCUT2D eigenvalue weighted by Gasteiger charge is -2.20. The zero-order valence-electron chi connectivity index (χ0n) is 10.8. The van der Waals surface area contributed by atoms with Crippen LogP contribution in [0.2, 0.25) is 0 Å². The van der Waals surface area contributed by atoms with Crippen molar-refractivity contribution in [3.8, 4) is 5.75 Å². The first-order valence-electron chi connectivity index (χ1n) is 6.44. The molecule has 18 heavy (non-hydrogen) atoms. The topological polar surface area (TPSA) is 50.7 Å².